The van der Waals surface area contributed by atoms with Crippen LogP contribution in [0.2, 0.25) is 0 Å². The first-order valence-electron chi connectivity index (χ1n) is 12.2. The van der Waals surface area contributed by atoms with Gasteiger partial charge in [-0.15, -0.1) is 0 Å². The number of carbonyl (C=O) groups is 2. The lowest BCUT2D eigenvalue weighted by Gasteiger charge is -2.53. The Balaban J connectivity index is 1.35. The Bertz CT molecular complexity index is 1150. The van der Waals surface area contributed by atoms with Crippen LogP contribution in [0.5, 0.6) is 11.5 Å². The average molecular weight is 451 g/mol. The summed E-state index contributed by atoms with van der Waals surface area (Å²) in [6.07, 6.45) is 3.70. The van der Waals surface area contributed by atoms with Gasteiger partial charge in [-0.25, -0.2) is 0 Å². The van der Waals surface area contributed by atoms with Gasteiger partial charge in [0, 0.05) is 29.3 Å². The number of fused-ring (bicyclic) bond motifs is 3. The van der Waals surface area contributed by atoms with Gasteiger partial charge in [0.25, 0.3) is 11.8 Å². The Kier molecular flexibility index (Phi) is 3.64. The number of carbonyl (C=O) groups excluding carboxylic acids is 2. The number of imide groups is 1. The van der Waals surface area contributed by atoms with Crippen molar-refractivity contribution >= 4 is 11.8 Å². The summed E-state index contributed by atoms with van der Waals surface area (Å²) in [5.74, 6) is 0.697. The normalized spacial score (nSPS) is 42.8. The van der Waals surface area contributed by atoms with Crippen LogP contribution >= 0.6 is 0 Å². The number of hydrogen-bond acceptors (Lipinski definition) is 6. The molecule has 1 aromatic rings. The maximum Gasteiger partial charge on any atom is 0.257 e. The second kappa shape index (κ2) is 5.99. The molecule has 7 atom stereocenters. The quantitative estimate of drug-likeness (QED) is 0.542. The molecule has 3 aliphatic carbocycles. The first-order valence-corrected chi connectivity index (χ1v) is 12.2. The minimum Gasteiger partial charge on any atom is -0.504 e. The highest BCUT2D eigenvalue weighted by Gasteiger charge is 2.81. The molecule has 2 unspecified atom stereocenters. The fourth-order valence-electron chi connectivity index (χ4n) is 7.80. The van der Waals surface area contributed by atoms with Crippen molar-refractivity contribution in [3.05, 3.63) is 34.4 Å². The van der Waals surface area contributed by atoms with Gasteiger partial charge in [0.05, 0.1) is 23.1 Å². The van der Waals surface area contributed by atoms with Crippen molar-refractivity contribution < 1.29 is 24.5 Å². The standard InChI is InChI=1S/C26H30N2O5/c1-12-4-7-18(29)20-19(12)25-10-17-21(27(17)11-15-5-6-15)26(25,32)9-8-16(22(25)33-20)28-23(30)13(2)14(3)24(28)31/h4,7,15-17,21-22,29,32H,5-6,8-11H2,1-3H3/t16-,17?,21-,22+,25+,26-,27?/m1/s1. The Morgan fingerprint density at radius 1 is 1.06 bits per heavy atom. The molecular formula is C26H30N2O5. The third kappa shape index (κ3) is 2.19. The Hall–Kier alpha value is -2.38. The van der Waals surface area contributed by atoms with Crippen molar-refractivity contribution in [2.75, 3.05) is 6.54 Å². The molecule has 4 fully saturated rings. The highest BCUT2D eigenvalue weighted by Crippen LogP contribution is 2.70. The SMILES string of the molecule is CC1=C(C)C(=O)N([C@@H]2CC[C@@]3(O)[C@H]4C(C[C@@]35c3c(C)ccc(O)c3O[C@@H]25)N4CC2CC2)C1=O. The molecular weight excluding hydrogens is 420 g/mol. The molecule has 7 heteroatoms. The van der Waals surface area contributed by atoms with Crippen LogP contribution in [-0.4, -0.2) is 68.2 Å². The number of likely N-dealkylation sites (tertiary alicyclic amines) is 1. The molecule has 3 heterocycles. The summed E-state index contributed by atoms with van der Waals surface area (Å²) in [5.41, 5.74) is 1.06. The minimum atomic E-state index is -1.01. The van der Waals surface area contributed by atoms with Crippen LogP contribution in [0.3, 0.4) is 0 Å². The first-order chi connectivity index (χ1) is 15.7. The minimum absolute atomic E-state index is 0.0560. The molecule has 174 valence electrons. The van der Waals surface area contributed by atoms with Gasteiger partial charge in [-0.1, -0.05) is 6.07 Å². The largest absolute Gasteiger partial charge is 0.504 e. The number of phenolic OH excluding ortho intramolecular Hbond substituents is 1. The molecule has 7 nitrogen and oxygen atoms in total. The van der Waals surface area contributed by atoms with E-state index in [1.807, 2.05) is 13.0 Å². The first kappa shape index (κ1) is 20.0. The summed E-state index contributed by atoms with van der Waals surface area (Å²) >= 11 is 0. The third-order valence-electron chi connectivity index (χ3n) is 9.68. The molecule has 33 heavy (non-hydrogen) atoms. The van der Waals surface area contributed by atoms with Gasteiger partial charge in [0.1, 0.15) is 6.10 Å². The number of ether oxygens (including phenoxy) is 1. The summed E-state index contributed by atoms with van der Waals surface area (Å²) in [5, 5.41) is 23.2. The van der Waals surface area contributed by atoms with Crippen LogP contribution in [0.15, 0.2) is 23.3 Å². The van der Waals surface area contributed by atoms with E-state index in [0.29, 0.717) is 29.7 Å². The van der Waals surface area contributed by atoms with Gasteiger partial charge in [-0.05, 0) is 70.4 Å². The Morgan fingerprint density at radius 3 is 2.42 bits per heavy atom. The fraction of sp³-hybridized carbons (Fsp3) is 0.615. The van der Waals surface area contributed by atoms with Crippen LogP contribution in [0.4, 0.5) is 0 Å². The van der Waals surface area contributed by atoms with E-state index >= 15 is 0 Å². The molecule has 6 aliphatic rings. The lowest BCUT2D eigenvalue weighted by atomic mass is 9.57. The molecule has 2 N–H and O–H groups in total. The van der Waals surface area contributed by atoms with Gasteiger partial charge in [0.2, 0.25) is 0 Å². The monoisotopic (exact) mass is 450 g/mol. The van der Waals surface area contributed by atoms with E-state index in [1.54, 1.807) is 19.9 Å². The molecule has 2 amide bonds. The topological polar surface area (TPSA) is 90.1 Å². The van der Waals surface area contributed by atoms with E-state index in [2.05, 4.69) is 4.90 Å². The Morgan fingerprint density at radius 2 is 1.76 bits per heavy atom. The van der Waals surface area contributed by atoms with E-state index in [1.165, 1.54) is 17.7 Å². The third-order valence-corrected chi connectivity index (χ3v) is 9.68. The number of aromatic hydroxyl groups is 1. The summed E-state index contributed by atoms with van der Waals surface area (Å²) in [7, 11) is 0. The molecule has 3 saturated carbocycles. The number of rotatable bonds is 3. The zero-order valence-electron chi connectivity index (χ0n) is 19.3. The highest BCUT2D eigenvalue weighted by molar-refractivity contribution is 6.19. The van der Waals surface area contributed by atoms with Crippen molar-refractivity contribution in [2.24, 2.45) is 5.92 Å². The zero-order chi connectivity index (χ0) is 23.0. The Labute approximate surface area is 193 Å². The van der Waals surface area contributed by atoms with E-state index in [4.69, 9.17) is 4.74 Å². The van der Waals surface area contributed by atoms with Gasteiger partial charge >= 0.3 is 0 Å². The lowest BCUT2D eigenvalue weighted by molar-refractivity contribution is -0.157. The number of benzene rings is 1. The van der Waals surface area contributed by atoms with Gasteiger partial charge in [-0.3, -0.25) is 19.4 Å². The fourth-order valence-corrected chi connectivity index (χ4v) is 7.80. The average Bonchev–Trinajstić information content (AvgIpc) is 3.66. The predicted octanol–water partition coefficient (Wildman–Crippen LogP) is 2.16. The molecule has 0 aromatic heterocycles. The van der Waals surface area contributed by atoms with Crippen LogP contribution in [-0.2, 0) is 15.0 Å². The van der Waals surface area contributed by atoms with Crippen molar-refractivity contribution in [3.63, 3.8) is 0 Å². The number of hydrogen-bond donors (Lipinski definition) is 2. The van der Waals surface area contributed by atoms with E-state index in [-0.39, 0.29) is 29.6 Å². The van der Waals surface area contributed by atoms with Crippen molar-refractivity contribution in [1.29, 1.82) is 0 Å². The van der Waals surface area contributed by atoms with E-state index in [9.17, 15) is 19.8 Å². The van der Waals surface area contributed by atoms with Crippen LogP contribution in [0, 0.1) is 12.8 Å². The van der Waals surface area contributed by atoms with E-state index < -0.39 is 23.2 Å². The van der Waals surface area contributed by atoms with Crippen molar-refractivity contribution in [1.82, 2.24) is 9.80 Å². The molecule has 1 aromatic carbocycles. The van der Waals surface area contributed by atoms with Crippen molar-refractivity contribution in [3.8, 4) is 11.5 Å². The highest BCUT2D eigenvalue weighted by atomic mass is 16.5. The molecule has 3 aliphatic heterocycles. The summed E-state index contributed by atoms with van der Waals surface area (Å²) < 4.78 is 6.49. The summed E-state index contributed by atoms with van der Waals surface area (Å²) in [6.45, 7) is 6.44. The number of aryl methyl sites for hydroxylation is 1. The van der Waals surface area contributed by atoms with Gasteiger partial charge < -0.3 is 14.9 Å². The number of nitrogens with zero attached hydrogens (tertiary/aromatic N) is 2. The molecule has 1 spiro atoms. The summed E-state index contributed by atoms with van der Waals surface area (Å²) in [6, 6.07) is 3.39. The number of aliphatic hydroxyl groups is 1. The lowest BCUT2D eigenvalue weighted by Crippen LogP contribution is -2.69. The molecule has 0 radical (unpaired) electrons. The van der Waals surface area contributed by atoms with Gasteiger partial charge in [-0.2, -0.15) is 0 Å². The predicted molar refractivity (Wildman–Crippen MR) is 119 cm³/mol. The maximum atomic E-state index is 13.1. The number of phenols is 1. The van der Waals surface area contributed by atoms with Crippen LogP contribution in [0.1, 0.15) is 57.1 Å². The smallest absolute Gasteiger partial charge is 0.257 e. The number of piperidine rings is 1. The van der Waals surface area contributed by atoms with Crippen LogP contribution < -0.4 is 4.74 Å². The second-order valence-corrected chi connectivity index (χ2v) is 11.2. The summed E-state index contributed by atoms with van der Waals surface area (Å²) in [4.78, 5) is 30.1. The maximum absolute atomic E-state index is 13.1. The molecule has 7 rings (SSSR count). The molecule has 1 saturated heterocycles. The number of amides is 2. The van der Waals surface area contributed by atoms with Crippen LogP contribution in [0.25, 0.3) is 0 Å². The van der Waals surface area contributed by atoms with Gasteiger partial charge in [0.15, 0.2) is 11.5 Å². The zero-order valence-corrected chi connectivity index (χ0v) is 19.3. The molecule has 0 bridgehead atoms. The van der Waals surface area contributed by atoms with Crippen molar-refractivity contribution in [2.45, 2.75) is 88.1 Å². The van der Waals surface area contributed by atoms with E-state index in [0.717, 1.165) is 30.0 Å². The second-order valence-electron chi connectivity index (χ2n) is 11.2.